The topological polar surface area (TPSA) is 95.9 Å². The van der Waals surface area contributed by atoms with E-state index >= 15 is 0 Å². The second-order valence-electron chi connectivity index (χ2n) is 5.54. The average molecular weight is 383 g/mol. The standard InChI is InChI=1S/C15H17NO3S2.C2H4O2/c17-14(19-11-5-7-16-8-6-11)15(18,12-3-1-9-20-12)13-4-2-10-21-13;1-2(3)4/h1-4,9-11,16,18H,5-8H2;1H3,(H,3,4). The zero-order chi connectivity index (χ0) is 18.3. The van der Waals surface area contributed by atoms with Crippen molar-refractivity contribution in [3.63, 3.8) is 0 Å². The van der Waals surface area contributed by atoms with Crippen LogP contribution in [0.25, 0.3) is 0 Å². The van der Waals surface area contributed by atoms with Gasteiger partial charge in [0.25, 0.3) is 5.97 Å². The van der Waals surface area contributed by atoms with E-state index in [1.807, 2.05) is 22.9 Å². The average Bonchev–Trinajstić information content (AvgIpc) is 3.28. The van der Waals surface area contributed by atoms with Crippen LogP contribution in [0.1, 0.15) is 29.5 Å². The number of rotatable bonds is 4. The Hall–Kier alpha value is -1.74. The number of nitrogens with one attached hydrogen (secondary N) is 1. The maximum atomic E-state index is 12.7. The zero-order valence-corrected chi connectivity index (χ0v) is 15.4. The maximum Gasteiger partial charge on any atom is 0.349 e. The van der Waals surface area contributed by atoms with Crippen LogP contribution in [0.2, 0.25) is 0 Å². The molecule has 1 fully saturated rings. The third kappa shape index (κ3) is 5.12. The monoisotopic (exact) mass is 383 g/mol. The molecular weight excluding hydrogens is 362 g/mol. The molecule has 3 heterocycles. The summed E-state index contributed by atoms with van der Waals surface area (Å²) in [5.74, 6) is -1.40. The van der Waals surface area contributed by atoms with Gasteiger partial charge < -0.3 is 20.3 Å². The number of hydrogen-bond acceptors (Lipinski definition) is 7. The second kappa shape index (κ2) is 9.10. The Balaban J connectivity index is 0.000000511. The normalized spacial score (nSPS) is 15.1. The first-order valence-corrected chi connectivity index (χ1v) is 9.62. The minimum atomic E-state index is -1.69. The van der Waals surface area contributed by atoms with Crippen molar-refractivity contribution in [1.82, 2.24) is 5.32 Å². The molecule has 1 aliphatic rings. The van der Waals surface area contributed by atoms with Crippen LogP contribution in [-0.2, 0) is 19.9 Å². The van der Waals surface area contributed by atoms with E-state index in [2.05, 4.69) is 5.32 Å². The van der Waals surface area contributed by atoms with Crippen molar-refractivity contribution < 1.29 is 24.5 Å². The lowest BCUT2D eigenvalue weighted by atomic mass is 9.99. The maximum absolute atomic E-state index is 12.7. The Morgan fingerprint density at radius 3 is 2.04 bits per heavy atom. The summed E-state index contributed by atoms with van der Waals surface area (Å²) < 4.78 is 5.59. The number of ether oxygens (including phenoxy) is 1. The molecule has 1 aliphatic heterocycles. The van der Waals surface area contributed by atoms with Crippen LogP contribution in [0.15, 0.2) is 35.0 Å². The summed E-state index contributed by atoms with van der Waals surface area (Å²) in [5.41, 5.74) is -1.69. The van der Waals surface area contributed by atoms with Gasteiger partial charge in [0, 0.05) is 6.92 Å². The lowest BCUT2D eigenvalue weighted by molar-refractivity contribution is -0.168. The molecule has 0 aliphatic carbocycles. The first-order valence-electron chi connectivity index (χ1n) is 7.86. The fourth-order valence-electron chi connectivity index (χ4n) is 2.44. The molecule has 0 unspecified atom stereocenters. The summed E-state index contributed by atoms with van der Waals surface area (Å²) in [6, 6.07) is 7.20. The molecular formula is C17H21NO5S2. The molecule has 136 valence electrons. The molecule has 6 nitrogen and oxygen atoms in total. The highest BCUT2D eigenvalue weighted by Gasteiger charge is 2.44. The van der Waals surface area contributed by atoms with Gasteiger partial charge in [-0.3, -0.25) is 4.79 Å². The van der Waals surface area contributed by atoms with Crippen LogP contribution in [0.5, 0.6) is 0 Å². The predicted octanol–water partition coefficient (Wildman–Crippen LogP) is 2.43. The summed E-state index contributed by atoms with van der Waals surface area (Å²) in [7, 11) is 0. The Labute approximate surface area is 154 Å². The van der Waals surface area contributed by atoms with Gasteiger partial charge in [0.2, 0.25) is 5.60 Å². The number of piperidine rings is 1. The summed E-state index contributed by atoms with van der Waals surface area (Å²) in [4.78, 5) is 22.9. The molecule has 2 aromatic rings. The van der Waals surface area contributed by atoms with E-state index in [0.717, 1.165) is 32.9 Å². The molecule has 0 radical (unpaired) electrons. The van der Waals surface area contributed by atoms with Gasteiger partial charge in [-0.15, -0.1) is 22.7 Å². The van der Waals surface area contributed by atoms with Gasteiger partial charge in [0.1, 0.15) is 6.10 Å². The fraction of sp³-hybridized carbons (Fsp3) is 0.412. The van der Waals surface area contributed by atoms with Gasteiger partial charge >= 0.3 is 5.97 Å². The largest absolute Gasteiger partial charge is 0.481 e. The van der Waals surface area contributed by atoms with Crippen molar-refractivity contribution in [3.05, 3.63) is 44.8 Å². The van der Waals surface area contributed by atoms with E-state index in [-0.39, 0.29) is 6.10 Å². The SMILES string of the molecule is CC(=O)O.O=C(OC1CCNCC1)C(O)(c1cccs1)c1cccs1. The summed E-state index contributed by atoms with van der Waals surface area (Å²) >= 11 is 2.72. The van der Waals surface area contributed by atoms with E-state index in [4.69, 9.17) is 14.6 Å². The molecule has 3 N–H and O–H groups in total. The minimum absolute atomic E-state index is 0.120. The summed E-state index contributed by atoms with van der Waals surface area (Å²) in [6.45, 7) is 2.77. The van der Waals surface area contributed by atoms with Crippen LogP contribution in [-0.4, -0.2) is 41.3 Å². The molecule has 1 saturated heterocycles. The van der Waals surface area contributed by atoms with Gasteiger partial charge in [0.05, 0.1) is 9.75 Å². The molecule has 0 amide bonds. The van der Waals surface area contributed by atoms with Crippen molar-refractivity contribution >= 4 is 34.6 Å². The molecule has 2 aromatic heterocycles. The molecule has 8 heteroatoms. The van der Waals surface area contributed by atoms with Crippen molar-refractivity contribution in [1.29, 1.82) is 0 Å². The highest BCUT2D eigenvalue weighted by atomic mass is 32.1. The van der Waals surface area contributed by atoms with Crippen molar-refractivity contribution in [3.8, 4) is 0 Å². The third-order valence-electron chi connectivity index (χ3n) is 3.61. The number of carbonyl (C=O) groups excluding carboxylic acids is 1. The van der Waals surface area contributed by atoms with Gasteiger partial charge in [-0.05, 0) is 48.8 Å². The van der Waals surface area contributed by atoms with E-state index in [1.165, 1.54) is 22.7 Å². The van der Waals surface area contributed by atoms with Gasteiger partial charge in [-0.1, -0.05) is 12.1 Å². The first-order chi connectivity index (χ1) is 11.9. The predicted molar refractivity (Wildman–Crippen MR) is 96.9 cm³/mol. The Kier molecular flexibility index (Phi) is 7.12. The van der Waals surface area contributed by atoms with Gasteiger partial charge in [-0.2, -0.15) is 0 Å². The quantitative estimate of drug-likeness (QED) is 0.702. The minimum Gasteiger partial charge on any atom is -0.481 e. The lowest BCUT2D eigenvalue weighted by Gasteiger charge is -2.29. The third-order valence-corrected chi connectivity index (χ3v) is 5.57. The van der Waals surface area contributed by atoms with Crippen molar-refractivity contribution in [2.24, 2.45) is 0 Å². The van der Waals surface area contributed by atoms with Crippen LogP contribution >= 0.6 is 22.7 Å². The molecule has 0 spiro atoms. The number of carbonyl (C=O) groups is 2. The smallest absolute Gasteiger partial charge is 0.349 e. The molecule has 0 saturated carbocycles. The second-order valence-corrected chi connectivity index (χ2v) is 7.43. The lowest BCUT2D eigenvalue weighted by Crippen LogP contribution is -2.42. The summed E-state index contributed by atoms with van der Waals surface area (Å²) in [5, 5.41) is 25.4. The Morgan fingerprint density at radius 2 is 1.64 bits per heavy atom. The van der Waals surface area contributed by atoms with E-state index < -0.39 is 17.5 Å². The van der Waals surface area contributed by atoms with Crippen molar-refractivity contribution in [2.75, 3.05) is 13.1 Å². The highest BCUT2D eigenvalue weighted by Crippen LogP contribution is 2.37. The van der Waals surface area contributed by atoms with E-state index in [0.29, 0.717) is 9.75 Å². The molecule has 0 bridgehead atoms. The van der Waals surface area contributed by atoms with Gasteiger partial charge in [-0.25, -0.2) is 4.79 Å². The number of hydrogen-bond donors (Lipinski definition) is 3. The molecule has 3 rings (SSSR count). The molecule has 25 heavy (non-hydrogen) atoms. The number of carboxylic acid groups (broad SMARTS) is 1. The number of aliphatic carboxylic acids is 1. The van der Waals surface area contributed by atoms with Gasteiger partial charge in [0.15, 0.2) is 0 Å². The van der Waals surface area contributed by atoms with Crippen LogP contribution in [0.3, 0.4) is 0 Å². The number of thiophene rings is 2. The van der Waals surface area contributed by atoms with Crippen molar-refractivity contribution in [2.45, 2.75) is 31.5 Å². The highest BCUT2D eigenvalue weighted by molar-refractivity contribution is 7.12. The molecule has 0 aromatic carbocycles. The Bertz CT molecular complexity index is 625. The zero-order valence-electron chi connectivity index (χ0n) is 13.8. The fourth-order valence-corrected chi connectivity index (χ4v) is 4.16. The number of carboxylic acids is 1. The van der Waals surface area contributed by atoms with Crippen LogP contribution < -0.4 is 5.32 Å². The number of aliphatic hydroxyl groups is 1. The Morgan fingerprint density at radius 1 is 1.16 bits per heavy atom. The van der Waals surface area contributed by atoms with E-state index in [1.54, 1.807) is 12.1 Å². The van der Waals surface area contributed by atoms with E-state index in [9.17, 15) is 9.90 Å². The number of esters is 1. The first kappa shape index (κ1) is 19.6. The van der Waals surface area contributed by atoms with Crippen LogP contribution in [0, 0.1) is 0 Å². The van der Waals surface area contributed by atoms with Crippen LogP contribution in [0.4, 0.5) is 0 Å². The molecule has 0 atom stereocenters. The summed E-state index contributed by atoms with van der Waals surface area (Å²) in [6.07, 6.45) is 1.46.